The predicted octanol–water partition coefficient (Wildman–Crippen LogP) is 3.77. The Labute approximate surface area is 145 Å². The highest BCUT2D eigenvalue weighted by molar-refractivity contribution is 5.85. The van der Waals surface area contributed by atoms with E-state index in [2.05, 4.69) is 10.3 Å². The number of halogens is 3. The Balaban J connectivity index is 1.60. The highest BCUT2D eigenvalue weighted by atomic mass is 19.4. The van der Waals surface area contributed by atoms with Crippen molar-refractivity contribution in [2.24, 2.45) is 5.92 Å². The number of aromatic nitrogens is 1. The molecule has 2 aliphatic rings. The van der Waals surface area contributed by atoms with Gasteiger partial charge >= 0.3 is 6.18 Å². The third-order valence-corrected chi connectivity index (χ3v) is 5.21. The van der Waals surface area contributed by atoms with Crippen LogP contribution in [0.5, 0.6) is 0 Å². The van der Waals surface area contributed by atoms with Gasteiger partial charge in [-0.2, -0.15) is 13.2 Å². The molecule has 1 aromatic rings. The lowest BCUT2D eigenvalue weighted by molar-refractivity contribution is -0.137. The number of anilines is 1. The molecule has 4 nitrogen and oxygen atoms in total. The van der Waals surface area contributed by atoms with E-state index in [0.29, 0.717) is 31.2 Å². The largest absolute Gasteiger partial charge is 0.417 e. The molecule has 1 aliphatic heterocycles. The van der Waals surface area contributed by atoms with E-state index in [1.807, 2.05) is 4.90 Å². The number of nitrogens with one attached hydrogen (secondary N) is 1. The summed E-state index contributed by atoms with van der Waals surface area (Å²) in [6.07, 6.45) is 4.04. The lowest BCUT2D eigenvalue weighted by Gasteiger charge is -2.27. The van der Waals surface area contributed by atoms with Crippen molar-refractivity contribution in [3.8, 4) is 0 Å². The smallest absolute Gasteiger partial charge is 0.354 e. The van der Waals surface area contributed by atoms with Gasteiger partial charge in [-0.25, -0.2) is 4.98 Å². The first-order valence-corrected chi connectivity index (χ1v) is 9.03. The van der Waals surface area contributed by atoms with Crippen molar-refractivity contribution < 1.29 is 18.0 Å². The van der Waals surface area contributed by atoms with E-state index < -0.39 is 11.7 Å². The Morgan fingerprint density at radius 2 is 1.92 bits per heavy atom. The number of amides is 1. The van der Waals surface area contributed by atoms with E-state index in [0.717, 1.165) is 31.5 Å². The number of rotatable bonds is 4. The zero-order valence-electron chi connectivity index (χ0n) is 14.2. The number of alkyl halides is 3. The molecular formula is C18H24F3N3O. The molecule has 1 saturated carbocycles. The molecule has 1 saturated heterocycles. The summed E-state index contributed by atoms with van der Waals surface area (Å²) in [5, 5.41) is 3.04. The van der Waals surface area contributed by atoms with E-state index >= 15 is 0 Å². The highest BCUT2D eigenvalue weighted by Crippen LogP contribution is 2.31. The molecule has 7 heteroatoms. The van der Waals surface area contributed by atoms with Crippen molar-refractivity contribution in [2.75, 3.05) is 18.0 Å². The predicted molar refractivity (Wildman–Crippen MR) is 89.2 cm³/mol. The number of nitrogens with zero attached hydrogens (tertiary/aromatic N) is 2. The van der Waals surface area contributed by atoms with Crippen LogP contribution in [0.15, 0.2) is 18.3 Å². The van der Waals surface area contributed by atoms with Crippen LogP contribution in [0.25, 0.3) is 0 Å². The molecule has 0 spiro atoms. The van der Waals surface area contributed by atoms with Gasteiger partial charge in [0, 0.05) is 19.3 Å². The van der Waals surface area contributed by atoms with Crippen molar-refractivity contribution in [2.45, 2.75) is 57.2 Å². The molecule has 2 heterocycles. The SMILES string of the molecule is O=C(NCC1CCCCC1)[C@@H]1CCCN1c1ccc(C(F)(F)F)cn1. The fraction of sp³-hybridized carbons (Fsp3) is 0.667. The molecule has 1 N–H and O–H groups in total. The second-order valence-electron chi connectivity index (χ2n) is 7.00. The molecule has 1 atom stereocenters. The minimum absolute atomic E-state index is 0.0372. The standard InChI is InChI=1S/C18H24F3N3O/c19-18(20,21)14-8-9-16(22-12-14)24-10-4-7-15(24)17(25)23-11-13-5-2-1-3-6-13/h8-9,12-13,15H,1-7,10-11H2,(H,23,25)/t15-/m0/s1. The van der Waals surface area contributed by atoms with Crippen molar-refractivity contribution >= 4 is 11.7 Å². The summed E-state index contributed by atoms with van der Waals surface area (Å²) in [6, 6.07) is 2.04. The number of pyridine rings is 1. The summed E-state index contributed by atoms with van der Waals surface area (Å²) >= 11 is 0. The van der Waals surface area contributed by atoms with Crippen LogP contribution in [0.2, 0.25) is 0 Å². The van der Waals surface area contributed by atoms with Crippen molar-refractivity contribution in [3.63, 3.8) is 0 Å². The van der Waals surface area contributed by atoms with E-state index in [1.54, 1.807) is 0 Å². The molecule has 1 aliphatic carbocycles. The van der Waals surface area contributed by atoms with Crippen LogP contribution in [-0.4, -0.2) is 30.0 Å². The zero-order valence-corrected chi connectivity index (χ0v) is 14.2. The number of carbonyl (C=O) groups is 1. The fourth-order valence-corrected chi connectivity index (χ4v) is 3.79. The zero-order chi connectivity index (χ0) is 17.9. The van der Waals surface area contributed by atoms with Gasteiger partial charge in [-0.15, -0.1) is 0 Å². The van der Waals surface area contributed by atoms with Gasteiger partial charge in [-0.3, -0.25) is 4.79 Å². The fourth-order valence-electron chi connectivity index (χ4n) is 3.79. The van der Waals surface area contributed by atoms with E-state index in [9.17, 15) is 18.0 Å². The molecule has 0 aromatic carbocycles. The second-order valence-corrected chi connectivity index (χ2v) is 7.00. The van der Waals surface area contributed by atoms with Crippen LogP contribution in [0.3, 0.4) is 0 Å². The van der Waals surface area contributed by atoms with E-state index in [-0.39, 0.29) is 11.9 Å². The first-order chi connectivity index (χ1) is 11.9. The van der Waals surface area contributed by atoms with Crippen molar-refractivity contribution in [3.05, 3.63) is 23.9 Å². The maximum atomic E-state index is 12.7. The first-order valence-electron chi connectivity index (χ1n) is 9.03. The molecule has 3 rings (SSSR count). The topological polar surface area (TPSA) is 45.2 Å². The maximum Gasteiger partial charge on any atom is 0.417 e. The molecule has 2 fully saturated rings. The number of hydrogen-bond donors (Lipinski definition) is 1. The average molecular weight is 355 g/mol. The van der Waals surface area contributed by atoms with E-state index in [1.165, 1.54) is 25.3 Å². The second kappa shape index (κ2) is 7.62. The molecule has 138 valence electrons. The van der Waals surface area contributed by atoms with Gasteiger partial charge < -0.3 is 10.2 Å². The summed E-state index contributed by atoms with van der Waals surface area (Å²) in [4.78, 5) is 18.3. The monoisotopic (exact) mass is 355 g/mol. The Hall–Kier alpha value is -1.79. The summed E-state index contributed by atoms with van der Waals surface area (Å²) in [7, 11) is 0. The van der Waals surface area contributed by atoms with Gasteiger partial charge in [0.15, 0.2) is 0 Å². The summed E-state index contributed by atoms with van der Waals surface area (Å²) in [5.41, 5.74) is -0.770. The summed E-state index contributed by atoms with van der Waals surface area (Å²) in [5.74, 6) is 0.949. The van der Waals surface area contributed by atoms with Gasteiger partial charge in [0.05, 0.1) is 5.56 Å². The van der Waals surface area contributed by atoms with Crippen LogP contribution in [0.1, 0.15) is 50.5 Å². The summed E-state index contributed by atoms with van der Waals surface area (Å²) < 4.78 is 38.0. The Morgan fingerprint density at radius 3 is 2.56 bits per heavy atom. The van der Waals surface area contributed by atoms with Gasteiger partial charge in [0.2, 0.25) is 5.91 Å². The van der Waals surface area contributed by atoms with E-state index in [4.69, 9.17) is 0 Å². The molecule has 0 unspecified atom stereocenters. The lowest BCUT2D eigenvalue weighted by Crippen LogP contribution is -2.45. The van der Waals surface area contributed by atoms with Crippen molar-refractivity contribution in [1.82, 2.24) is 10.3 Å². The quantitative estimate of drug-likeness (QED) is 0.894. The Bertz CT molecular complexity index is 582. The maximum absolute atomic E-state index is 12.7. The van der Waals surface area contributed by atoms with Crippen LogP contribution < -0.4 is 10.2 Å². The third kappa shape index (κ3) is 4.44. The molecule has 1 amide bonds. The van der Waals surface area contributed by atoms with Crippen LogP contribution in [0.4, 0.5) is 19.0 Å². The molecule has 25 heavy (non-hydrogen) atoms. The van der Waals surface area contributed by atoms with Gasteiger partial charge in [0.1, 0.15) is 11.9 Å². The minimum Gasteiger partial charge on any atom is -0.354 e. The highest BCUT2D eigenvalue weighted by Gasteiger charge is 2.34. The van der Waals surface area contributed by atoms with Crippen LogP contribution >= 0.6 is 0 Å². The third-order valence-electron chi connectivity index (χ3n) is 5.21. The molecular weight excluding hydrogens is 331 g/mol. The normalized spacial score (nSPS) is 22.2. The van der Waals surface area contributed by atoms with Gasteiger partial charge in [0.25, 0.3) is 0 Å². The number of carbonyl (C=O) groups excluding carboxylic acids is 1. The lowest BCUT2D eigenvalue weighted by atomic mass is 9.89. The van der Waals surface area contributed by atoms with Crippen LogP contribution in [-0.2, 0) is 11.0 Å². The van der Waals surface area contributed by atoms with Gasteiger partial charge in [-0.1, -0.05) is 19.3 Å². The summed E-state index contributed by atoms with van der Waals surface area (Å²) in [6.45, 7) is 1.34. The minimum atomic E-state index is -4.40. The average Bonchev–Trinajstić information content (AvgIpc) is 3.10. The molecule has 1 aromatic heterocycles. The van der Waals surface area contributed by atoms with Crippen molar-refractivity contribution in [1.29, 1.82) is 0 Å². The number of hydrogen-bond acceptors (Lipinski definition) is 3. The first kappa shape index (κ1) is 18.0. The Morgan fingerprint density at radius 1 is 1.16 bits per heavy atom. The Kier molecular flexibility index (Phi) is 5.49. The van der Waals surface area contributed by atoms with Crippen LogP contribution in [0, 0.1) is 5.92 Å². The molecule has 0 bridgehead atoms. The van der Waals surface area contributed by atoms with Gasteiger partial charge in [-0.05, 0) is 43.7 Å². The molecule has 0 radical (unpaired) electrons.